The number of unbranched alkanes of at least 4 members (excludes halogenated alkanes) is 2. The zero-order valence-corrected chi connectivity index (χ0v) is 10.5. The second-order valence-electron chi connectivity index (χ2n) is 1.94. The average Bonchev–Trinajstić information content (AvgIpc) is 1.78. The molecule has 0 rings (SSSR count). The zero-order chi connectivity index (χ0) is 8.04. The normalized spacial score (nSPS) is 15.1. The second kappa shape index (κ2) is 7.91. The smallest absolute Gasteiger partial charge is 0.748 e. The van der Waals surface area contributed by atoms with Crippen LogP contribution >= 0.6 is 0 Å². The van der Waals surface area contributed by atoms with Gasteiger partial charge in [0.05, 0.1) is 15.7 Å². The van der Waals surface area contributed by atoms with Crippen molar-refractivity contribution in [3.8, 4) is 0 Å². The van der Waals surface area contributed by atoms with Gasteiger partial charge in [-0.15, -0.1) is 0 Å². The van der Waals surface area contributed by atoms with Crippen LogP contribution in [0.3, 0.4) is 0 Å². The minimum absolute atomic E-state index is 0. The molecule has 3 nitrogen and oxygen atoms in total. The van der Waals surface area contributed by atoms with Gasteiger partial charge in [-0.2, -0.15) is 0 Å². The summed E-state index contributed by atoms with van der Waals surface area (Å²) < 4.78 is 24.7. The van der Waals surface area contributed by atoms with Crippen LogP contribution in [0.1, 0.15) is 26.2 Å². The molecular weight excluding hydrogens is 195 g/mol. The van der Waals surface area contributed by atoms with Crippen LogP contribution < -0.4 is 29.6 Å². The number of hydrogen-bond acceptors (Lipinski definition) is 4. The fourth-order valence-electron chi connectivity index (χ4n) is 0.513. The Balaban J connectivity index is 0. The van der Waals surface area contributed by atoms with Crippen LogP contribution in [0.2, 0.25) is 0 Å². The van der Waals surface area contributed by atoms with Gasteiger partial charge in [-0.3, -0.25) is 4.18 Å². The average molecular weight is 206 g/mol. The summed E-state index contributed by atoms with van der Waals surface area (Å²) in [4.78, 5) is 0. The first-order chi connectivity index (χ1) is 4.56. The van der Waals surface area contributed by atoms with Gasteiger partial charge in [0.2, 0.25) is 0 Å². The molecule has 0 N–H and O–H groups in total. The molecule has 0 aromatic heterocycles. The van der Waals surface area contributed by atoms with Gasteiger partial charge in [-0.25, -0.2) is 4.21 Å². The third-order valence-corrected chi connectivity index (χ3v) is 1.72. The van der Waals surface area contributed by atoms with E-state index in [1.165, 1.54) is 0 Å². The molecule has 0 aliphatic rings. The maximum Gasteiger partial charge on any atom is 1.00 e. The maximum atomic E-state index is 10.2. The Hall–Kier alpha value is 1.29. The summed E-state index contributed by atoms with van der Waals surface area (Å²) in [5.74, 6) is 0. The van der Waals surface area contributed by atoms with E-state index in [1.807, 2.05) is 6.92 Å². The van der Waals surface area contributed by atoms with Gasteiger partial charge in [0.1, 0.15) is 0 Å². The van der Waals surface area contributed by atoms with Gasteiger partial charge >= 0.3 is 29.6 Å². The summed E-state index contributed by atoms with van der Waals surface area (Å²) in [7, 11) is -3.62. The van der Waals surface area contributed by atoms with Gasteiger partial charge in [0.15, 0.2) is 0 Å². The van der Waals surface area contributed by atoms with Crippen LogP contribution in [0.4, 0.5) is 0 Å². The van der Waals surface area contributed by atoms with Crippen molar-refractivity contribution in [2.75, 3.05) is 6.61 Å². The van der Waals surface area contributed by atoms with E-state index in [1.54, 1.807) is 0 Å². The summed E-state index contributed by atoms with van der Waals surface area (Å²) in [5.41, 5.74) is 0. The molecule has 1 unspecified atom stereocenters. The molecule has 0 saturated carbocycles. The number of rotatable bonds is 5. The summed E-state index contributed by atoms with van der Waals surface area (Å²) >= 11 is 3.98. The molecule has 0 aromatic rings. The molecule has 0 bridgehead atoms. The van der Waals surface area contributed by atoms with Crippen LogP contribution in [0, 0.1) is 0 Å². The van der Waals surface area contributed by atoms with Gasteiger partial charge < -0.3 is 4.55 Å². The second-order valence-corrected chi connectivity index (χ2v) is 4.21. The Morgan fingerprint density at radius 3 is 2.45 bits per heavy atom. The standard InChI is InChI=1S/C5H12O3S2.Na/c1-2-3-4-5-8-10(6,7)9;/h2-5H2,1H3,(H,6,7,9);/q;+1/p-1. The molecule has 0 spiro atoms. The molecule has 0 aliphatic heterocycles. The predicted octanol–water partition coefficient (Wildman–Crippen LogP) is -2.01. The molecule has 0 heterocycles. The quantitative estimate of drug-likeness (QED) is 0.385. The molecule has 1 atom stereocenters. The van der Waals surface area contributed by atoms with Crippen molar-refractivity contribution in [2.45, 2.75) is 26.2 Å². The molecule has 0 amide bonds. The first kappa shape index (κ1) is 14.8. The SMILES string of the molecule is CCCCCOS(=O)([O-])=S.[Na+]. The van der Waals surface area contributed by atoms with E-state index >= 15 is 0 Å². The molecule has 11 heavy (non-hydrogen) atoms. The van der Waals surface area contributed by atoms with Crippen molar-refractivity contribution in [2.24, 2.45) is 0 Å². The molecule has 0 fully saturated rings. The first-order valence-corrected chi connectivity index (χ1v) is 5.50. The Morgan fingerprint density at radius 1 is 1.55 bits per heavy atom. The molecule has 0 aliphatic carbocycles. The van der Waals surface area contributed by atoms with Crippen molar-refractivity contribution in [1.82, 2.24) is 0 Å². The largest absolute Gasteiger partial charge is 1.00 e. The van der Waals surface area contributed by atoms with Gasteiger partial charge in [-0.1, -0.05) is 19.8 Å². The van der Waals surface area contributed by atoms with Crippen molar-refractivity contribution < 1.29 is 42.5 Å². The van der Waals surface area contributed by atoms with E-state index in [0.717, 1.165) is 19.3 Å². The Bertz CT molecular complexity index is 167. The fraction of sp³-hybridized carbons (Fsp3) is 1.00. The van der Waals surface area contributed by atoms with Gasteiger partial charge in [0.25, 0.3) is 0 Å². The number of hydrogen-bond donors (Lipinski definition) is 0. The summed E-state index contributed by atoms with van der Waals surface area (Å²) in [6.07, 6.45) is 2.78. The van der Waals surface area contributed by atoms with E-state index in [9.17, 15) is 8.76 Å². The van der Waals surface area contributed by atoms with Gasteiger partial charge in [0, 0.05) is 0 Å². The third-order valence-electron chi connectivity index (χ3n) is 0.976. The molecule has 62 valence electrons. The Morgan fingerprint density at radius 2 is 2.09 bits per heavy atom. The zero-order valence-electron chi connectivity index (χ0n) is 6.87. The molecule has 0 saturated heterocycles. The van der Waals surface area contributed by atoms with E-state index in [0.29, 0.717) is 0 Å². The van der Waals surface area contributed by atoms with E-state index in [4.69, 9.17) is 0 Å². The molecule has 0 radical (unpaired) electrons. The topological polar surface area (TPSA) is 49.4 Å². The van der Waals surface area contributed by atoms with Crippen molar-refractivity contribution >= 4 is 20.2 Å². The van der Waals surface area contributed by atoms with Gasteiger partial charge in [-0.05, 0) is 17.6 Å². The molecular formula is C5H11NaO3S2. The van der Waals surface area contributed by atoms with E-state index in [2.05, 4.69) is 15.4 Å². The van der Waals surface area contributed by atoms with Crippen LogP contribution in [0.15, 0.2) is 0 Å². The fourth-order valence-corrected chi connectivity index (χ4v) is 1.04. The summed E-state index contributed by atoms with van der Waals surface area (Å²) in [5, 5.41) is 0. The van der Waals surface area contributed by atoms with Crippen LogP contribution in [-0.2, 0) is 24.4 Å². The van der Waals surface area contributed by atoms with Crippen LogP contribution in [-0.4, -0.2) is 15.4 Å². The Labute approximate surface area is 94.9 Å². The van der Waals surface area contributed by atoms with Crippen molar-refractivity contribution in [3.63, 3.8) is 0 Å². The minimum Gasteiger partial charge on any atom is -0.748 e. The van der Waals surface area contributed by atoms with Crippen LogP contribution in [0.25, 0.3) is 0 Å². The van der Waals surface area contributed by atoms with Crippen molar-refractivity contribution in [3.05, 3.63) is 0 Å². The van der Waals surface area contributed by atoms with E-state index in [-0.39, 0.29) is 36.2 Å². The summed E-state index contributed by atoms with van der Waals surface area (Å²) in [6, 6.07) is 0. The Kier molecular flexibility index (Phi) is 10.6. The molecule has 6 heteroatoms. The third kappa shape index (κ3) is 14.2. The minimum atomic E-state index is -3.62. The molecule has 0 aromatic carbocycles. The van der Waals surface area contributed by atoms with E-state index < -0.39 is 9.05 Å². The summed E-state index contributed by atoms with van der Waals surface area (Å²) in [6.45, 7) is 2.25. The van der Waals surface area contributed by atoms with Crippen molar-refractivity contribution in [1.29, 1.82) is 0 Å². The monoisotopic (exact) mass is 206 g/mol. The first-order valence-electron chi connectivity index (χ1n) is 3.16. The maximum absolute atomic E-state index is 10.2. The predicted molar refractivity (Wildman–Crippen MR) is 41.8 cm³/mol. The van der Waals surface area contributed by atoms with Crippen LogP contribution in [0.5, 0.6) is 0 Å².